The first-order valence-corrected chi connectivity index (χ1v) is 7.93. The molecule has 0 fully saturated rings. The van der Waals surface area contributed by atoms with E-state index < -0.39 is 41.0 Å². The molecule has 2 rings (SSSR count). The topological polar surface area (TPSA) is 81.4 Å². The van der Waals surface area contributed by atoms with Crippen LogP contribution in [0.5, 0.6) is 0 Å². The number of amides is 1. The maximum Gasteiger partial charge on any atom is 0.416 e. The van der Waals surface area contributed by atoms with Gasteiger partial charge in [-0.15, -0.1) is 0 Å². The van der Waals surface area contributed by atoms with E-state index in [2.05, 4.69) is 25.4 Å². The smallest absolute Gasteiger partial charge is 0.398 e. The largest absolute Gasteiger partial charge is 0.416 e. The van der Waals surface area contributed by atoms with Crippen LogP contribution in [0.1, 0.15) is 47.2 Å². The fourth-order valence-corrected chi connectivity index (χ4v) is 2.40. The summed E-state index contributed by atoms with van der Waals surface area (Å²) in [5, 5.41) is 9.81. The Morgan fingerprint density at radius 3 is 2.17 bits per heavy atom. The average molecular weight is 423 g/mol. The second-order valence-electron chi connectivity index (χ2n) is 5.84. The van der Waals surface area contributed by atoms with Gasteiger partial charge in [-0.25, -0.2) is 4.98 Å². The van der Waals surface area contributed by atoms with Gasteiger partial charge in [0.05, 0.1) is 17.2 Å². The van der Waals surface area contributed by atoms with E-state index in [9.17, 15) is 31.1 Å². The highest BCUT2D eigenvalue weighted by Gasteiger charge is 2.37. The van der Waals surface area contributed by atoms with Crippen molar-refractivity contribution in [1.82, 2.24) is 20.1 Å². The standard InChI is InChI=1S/C16H15F6N5O2/c1-8(13-23-7-24-27(13)9(2)26-29-3)25-14(28)10-4-11(15(17,18)19)6-12(5-10)16(20,21)22/h4-8H,1-3H3,(H,25,28)/b26-9-. The molecule has 0 spiro atoms. The minimum Gasteiger partial charge on any atom is -0.398 e. The number of alkyl halides is 6. The zero-order chi connectivity index (χ0) is 22.0. The van der Waals surface area contributed by atoms with Crippen LogP contribution in [0.15, 0.2) is 29.7 Å². The van der Waals surface area contributed by atoms with E-state index in [4.69, 9.17) is 0 Å². The molecule has 0 aliphatic rings. The highest BCUT2D eigenvalue weighted by Crippen LogP contribution is 2.36. The molecule has 7 nitrogen and oxygen atoms in total. The number of nitrogens with one attached hydrogen (secondary N) is 1. The number of benzene rings is 1. The van der Waals surface area contributed by atoms with Crippen LogP contribution in [0, 0.1) is 0 Å². The third-order valence-corrected chi connectivity index (χ3v) is 3.69. The van der Waals surface area contributed by atoms with Crippen molar-refractivity contribution in [2.45, 2.75) is 32.2 Å². The lowest BCUT2D eigenvalue weighted by Gasteiger charge is -2.17. The van der Waals surface area contributed by atoms with Gasteiger partial charge in [0.2, 0.25) is 0 Å². The van der Waals surface area contributed by atoms with E-state index in [0.717, 1.165) is 6.33 Å². The first-order chi connectivity index (χ1) is 13.3. The monoisotopic (exact) mass is 423 g/mol. The summed E-state index contributed by atoms with van der Waals surface area (Å²) < 4.78 is 78.9. The molecule has 1 aromatic heterocycles. The van der Waals surface area contributed by atoms with Crippen LogP contribution in [0.4, 0.5) is 26.3 Å². The van der Waals surface area contributed by atoms with Crippen molar-refractivity contribution >= 4 is 11.7 Å². The maximum absolute atomic E-state index is 13.0. The molecule has 2 aromatic rings. The lowest BCUT2D eigenvalue weighted by Crippen LogP contribution is -2.30. The highest BCUT2D eigenvalue weighted by atomic mass is 19.4. The fraction of sp³-hybridized carbons (Fsp3) is 0.375. The third kappa shape index (κ3) is 5.23. The first kappa shape index (κ1) is 22.2. The Hall–Kier alpha value is -3.12. The normalized spacial score (nSPS) is 13.9. The molecule has 13 heteroatoms. The predicted octanol–water partition coefficient (Wildman–Crippen LogP) is 3.63. The summed E-state index contributed by atoms with van der Waals surface area (Å²) in [6, 6.07) is -0.281. The molecule has 29 heavy (non-hydrogen) atoms. The van der Waals surface area contributed by atoms with E-state index in [0.29, 0.717) is 12.1 Å². The van der Waals surface area contributed by atoms with Gasteiger partial charge in [-0.2, -0.15) is 36.1 Å². The molecular weight excluding hydrogens is 408 g/mol. The molecule has 0 saturated carbocycles. The van der Waals surface area contributed by atoms with Gasteiger partial charge in [-0.05, 0) is 32.0 Å². The Morgan fingerprint density at radius 1 is 1.14 bits per heavy atom. The number of rotatable bonds is 4. The molecule has 0 aliphatic carbocycles. The molecule has 158 valence electrons. The van der Waals surface area contributed by atoms with Crippen LogP contribution in [-0.2, 0) is 17.2 Å². The lowest BCUT2D eigenvalue weighted by atomic mass is 10.0. The number of oxime groups is 1. The summed E-state index contributed by atoms with van der Waals surface area (Å²) >= 11 is 0. The Morgan fingerprint density at radius 2 is 1.69 bits per heavy atom. The Balaban J connectivity index is 2.36. The summed E-state index contributed by atoms with van der Waals surface area (Å²) in [4.78, 5) is 20.9. The van der Waals surface area contributed by atoms with Gasteiger partial charge in [-0.3, -0.25) is 4.79 Å². The van der Waals surface area contributed by atoms with Gasteiger partial charge < -0.3 is 10.2 Å². The van der Waals surface area contributed by atoms with Crippen LogP contribution in [0.3, 0.4) is 0 Å². The number of carbonyl (C=O) groups is 1. The average Bonchev–Trinajstić information content (AvgIpc) is 3.10. The number of halogens is 6. The van der Waals surface area contributed by atoms with Gasteiger partial charge in [0, 0.05) is 5.56 Å². The van der Waals surface area contributed by atoms with Crippen molar-refractivity contribution in [3.05, 3.63) is 47.0 Å². The Bertz CT molecular complexity index is 887. The van der Waals surface area contributed by atoms with Gasteiger partial charge in [0.1, 0.15) is 13.4 Å². The number of aromatic nitrogens is 3. The van der Waals surface area contributed by atoms with Crippen LogP contribution in [0.2, 0.25) is 0 Å². The molecule has 1 amide bonds. The van der Waals surface area contributed by atoms with Crippen LogP contribution in [-0.4, -0.2) is 33.6 Å². The zero-order valence-corrected chi connectivity index (χ0v) is 15.3. The van der Waals surface area contributed by atoms with Gasteiger partial charge >= 0.3 is 12.4 Å². The summed E-state index contributed by atoms with van der Waals surface area (Å²) in [6.45, 7) is 2.94. The highest BCUT2D eigenvalue weighted by molar-refractivity contribution is 5.95. The van der Waals surface area contributed by atoms with Gasteiger partial charge in [0.15, 0.2) is 11.7 Å². The van der Waals surface area contributed by atoms with Gasteiger partial charge in [0.25, 0.3) is 5.91 Å². The van der Waals surface area contributed by atoms with Crippen LogP contribution < -0.4 is 5.32 Å². The molecule has 1 unspecified atom stereocenters. The van der Waals surface area contributed by atoms with Crippen molar-refractivity contribution in [2.24, 2.45) is 5.16 Å². The van der Waals surface area contributed by atoms with E-state index in [-0.39, 0.29) is 17.7 Å². The van der Waals surface area contributed by atoms with Crippen molar-refractivity contribution in [1.29, 1.82) is 0 Å². The van der Waals surface area contributed by atoms with E-state index in [1.54, 1.807) is 0 Å². The summed E-state index contributed by atoms with van der Waals surface area (Å²) in [7, 11) is 1.29. The predicted molar refractivity (Wildman–Crippen MR) is 87.9 cm³/mol. The van der Waals surface area contributed by atoms with Crippen LogP contribution in [0.25, 0.3) is 0 Å². The molecular formula is C16H15F6N5O2. The number of hydrogen-bond donors (Lipinski definition) is 1. The summed E-state index contributed by atoms with van der Waals surface area (Å²) in [6.07, 6.45) is -8.98. The molecule has 0 bridgehead atoms. The van der Waals surface area contributed by atoms with Gasteiger partial charge in [-0.1, -0.05) is 5.16 Å². The Kier molecular flexibility index (Phi) is 6.18. The number of nitrogens with zero attached hydrogens (tertiary/aromatic N) is 4. The van der Waals surface area contributed by atoms with Crippen LogP contribution >= 0.6 is 0 Å². The first-order valence-electron chi connectivity index (χ1n) is 7.93. The van der Waals surface area contributed by atoms with Crippen molar-refractivity contribution in [3.63, 3.8) is 0 Å². The molecule has 1 N–H and O–H groups in total. The van der Waals surface area contributed by atoms with Crippen molar-refractivity contribution < 1.29 is 36.0 Å². The molecule has 1 aromatic carbocycles. The third-order valence-electron chi connectivity index (χ3n) is 3.69. The minimum absolute atomic E-state index is 0.0542. The van der Waals surface area contributed by atoms with Crippen molar-refractivity contribution in [3.8, 4) is 0 Å². The lowest BCUT2D eigenvalue weighted by molar-refractivity contribution is -0.143. The van der Waals surface area contributed by atoms with E-state index in [1.807, 2.05) is 0 Å². The molecule has 1 atom stereocenters. The zero-order valence-electron chi connectivity index (χ0n) is 15.3. The van der Waals surface area contributed by atoms with E-state index in [1.165, 1.54) is 25.6 Å². The quantitative estimate of drug-likeness (QED) is 0.353. The maximum atomic E-state index is 13.0. The fourth-order valence-electron chi connectivity index (χ4n) is 2.40. The minimum atomic E-state index is -5.06. The second kappa shape index (κ2) is 8.09. The number of hydrogen-bond acceptors (Lipinski definition) is 5. The Labute approximate surface area is 160 Å². The molecule has 0 aliphatic heterocycles. The molecule has 1 heterocycles. The summed E-state index contributed by atoms with van der Waals surface area (Å²) in [5.74, 6) is -0.774. The summed E-state index contributed by atoms with van der Waals surface area (Å²) in [5.41, 5.74) is -3.97. The molecule has 0 radical (unpaired) electrons. The van der Waals surface area contributed by atoms with E-state index >= 15 is 0 Å². The number of carbonyl (C=O) groups excluding carboxylic acids is 1. The second-order valence-corrected chi connectivity index (χ2v) is 5.84. The SMILES string of the molecule is CO/N=C(/C)n1ncnc1C(C)NC(=O)c1cc(C(F)(F)F)cc(C(F)(F)F)c1. The van der Waals surface area contributed by atoms with Crippen molar-refractivity contribution in [2.75, 3.05) is 7.11 Å². The molecule has 0 saturated heterocycles.